The van der Waals surface area contributed by atoms with Crippen LogP contribution < -0.4 is 19.5 Å². The summed E-state index contributed by atoms with van der Waals surface area (Å²) < 4.78 is 72.7. The van der Waals surface area contributed by atoms with E-state index in [1.807, 2.05) is 0 Å². The van der Waals surface area contributed by atoms with Gasteiger partial charge >= 0.3 is 6.36 Å². The van der Waals surface area contributed by atoms with Crippen LogP contribution in [0.4, 0.5) is 13.2 Å². The van der Waals surface area contributed by atoms with Gasteiger partial charge < -0.3 is 14.8 Å². The van der Waals surface area contributed by atoms with Crippen molar-refractivity contribution in [1.29, 1.82) is 0 Å². The number of aromatic nitrogens is 1. The van der Waals surface area contributed by atoms with Gasteiger partial charge in [0.05, 0.1) is 10.5 Å². The number of alkyl halides is 3. The maximum atomic E-state index is 12.5. The Morgan fingerprint density at radius 3 is 2.38 bits per heavy atom. The number of carbonyl (C=O) groups is 1. The number of benzene rings is 2. The number of carbonyl (C=O) groups excluding carboxylic acids is 1. The standard InChI is InChI=1S/C21H17ClF3N3O5S/c1-26-34(30,31)15-8-6-13(16(22)10-15)11-28-20(29)14-7-9-19(27-12-14)32-17-4-2-3-5-18(17)33-21(23,24)25/h2-10,12,26H,11H2,1H3,(H,28,29). The van der Waals surface area contributed by atoms with Gasteiger partial charge in [-0.25, -0.2) is 18.1 Å². The third kappa shape index (κ3) is 6.59. The zero-order chi connectivity index (χ0) is 24.9. The molecule has 2 N–H and O–H groups in total. The molecular formula is C21H17ClF3N3O5S. The third-order valence-electron chi connectivity index (χ3n) is 4.33. The Hall–Kier alpha value is -3.35. The fourth-order valence-corrected chi connectivity index (χ4v) is 3.73. The Kier molecular flexibility index (Phi) is 7.64. The molecule has 0 aliphatic rings. The maximum absolute atomic E-state index is 12.5. The molecule has 2 aromatic carbocycles. The van der Waals surface area contributed by atoms with E-state index in [2.05, 4.69) is 19.8 Å². The molecule has 0 unspecified atom stereocenters. The number of ether oxygens (including phenoxy) is 2. The molecule has 1 heterocycles. The lowest BCUT2D eigenvalue weighted by atomic mass is 10.2. The molecule has 0 aliphatic heterocycles. The average molecular weight is 516 g/mol. The summed E-state index contributed by atoms with van der Waals surface area (Å²) in [6.07, 6.45) is -3.71. The van der Waals surface area contributed by atoms with E-state index in [9.17, 15) is 26.4 Å². The lowest BCUT2D eigenvalue weighted by molar-refractivity contribution is -0.275. The first-order valence-corrected chi connectivity index (χ1v) is 11.3. The van der Waals surface area contributed by atoms with Crippen molar-refractivity contribution in [2.45, 2.75) is 17.8 Å². The van der Waals surface area contributed by atoms with Crippen LogP contribution in [0.25, 0.3) is 0 Å². The molecule has 1 aromatic heterocycles. The van der Waals surface area contributed by atoms with Gasteiger partial charge in [-0.3, -0.25) is 4.79 Å². The SMILES string of the molecule is CNS(=O)(=O)c1ccc(CNC(=O)c2ccc(Oc3ccccc3OC(F)(F)F)nc2)c(Cl)c1. The van der Waals surface area contributed by atoms with Crippen molar-refractivity contribution in [1.82, 2.24) is 15.0 Å². The number of hydrogen-bond acceptors (Lipinski definition) is 6. The number of hydrogen-bond donors (Lipinski definition) is 2. The van der Waals surface area contributed by atoms with E-state index in [0.29, 0.717) is 5.56 Å². The minimum Gasteiger partial charge on any atom is -0.435 e. The van der Waals surface area contributed by atoms with Crippen LogP contribution in [0.3, 0.4) is 0 Å². The number of para-hydroxylation sites is 2. The Morgan fingerprint density at radius 1 is 1.09 bits per heavy atom. The van der Waals surface area contributed by atoms with Crippen molar-refractivity contribution < 1.29 is 35.9 Å². The topological polar surface area (TPSA) is 107 Å². The molecule has 0 fully saturated rings. The van der Waals surface area contributed by atoms with Crippen LogP contribution >= 0.6 is 11.6 Å². The number of pyridine rings is 1. The number of nitrogens with zero attached hydrogens (tertiary/aromatic N) is 1. The fraction of sp³-hybridized carbons (Fsp3) is 0.143. The first-order valence-electron chi connectivity index (χ1n) is 9.47. The van der Waals surface area contributed by atoms with E-state index in [-0.39, 0.29) is 33.7 Å². The average Bonchev–Trinajstić information content (AvgIpc) is 2.79. The Bertz CT molecular complexity index is 1290. The number of sulfonamides is 1. The Labute approximate surface area is 197 Å². The summed E-state index contributed by atoms with van der Waals surface area (Å²) in [6.45, 7) is 0.0119. The van der Waals surface area contributed by atoms with Gasteiger partial charge in [-0.1, -0.05) is 29.8 Å². The first kappa shape index (κ1) is 25.3. The monoisotopic (exact) mass is 515 g/mol. The third-order valence-corrected chi connectivity index (χ3v) is 6.09. The van der Waals surface area contributed by atoms with Crippen LogP contribution in [0, 0.1) is 0 Å². The predicted molar refractivity (Wildman–Crippen MR) is 116 cm³/mol. The van der Waals surface area contributed by atoms with Crippen LogP contribution in [-0.2, 0) is 16.6 Å². The van der Waals surface area contributed by atoms with E-state index >= 15 is 0 Å². The summed E-state index contributed by atoms with van der Waals surface area (Å²) >= 11 is 6.12. The summed E-state index contributed by atoms with van der Waals surface area (Å²) in [5.41, 5.74) is 0.636. The Morgan fingerprint density at radius 2 is 1.79 bits per heavy atom. The quantitative estimate of drug-likeness (QED) is 0.464. The molecule has 0 aliphatic carbocycles. The van der Waals surface area contributed by atoms with Crippen molar-refractivity contribution >= 4 is 27.5 Å². The van der Waals surface area contributed by atoms with Crippen LogP contribution in [0.5, 0.6) is 17.4 Å². The molecular weight excluding hydrogens is 499 g/mol. The number of rotatable bonds is 8. The summed E-state index contributed by atoms with van der Waals surface area (Å²) in [4.78, 5) is 16.3. The normalized spacial score (nSPS) is 11.7. The molecule has 0 bridgehead atoms. The lowest BCUT2D eigenvalue weighted by Crippen LogP contribution is -2.23. The zero-order valence-corrected chi connectivity index (χ0v) is 19.0. The molecule has 34 heavy (non-hydrogen) atoms. The molecule has 0 spiro atoms. The van der Waals surface area contributed by atoms with Crippen LogP contribution in [0.1, 0.15) is 15.9 Å². The predicted octanol–water partition coefficient (Wildman–Crippen LogP) is 4.26. The molecule has 180 valence electrons. The minimum atomic E-state index is -4.89. The van der Waals surface area contributed by atoms with Crippen LogP contribution in [0.15, 0.2) is 65.7 Å². The van der Waals surface area contributed by atoms with Gasteiger partial charge in [-0.05, 0) is 42.9 Å². The molecule has 0 atom stereocenters. The lowest BCUT2D eigenvalue weighted by Gasteiger charge is -2.13. The second kappa shape index (κ2) is 10.3. The van der Waals surface area contributed by atoms with Gasteiger partial charge in [0.2, 0.25) is 15.9 Å². The summed E-state index contributed by atoms with van der Waals surface area (Å²) in [7, 11) is -2.38. The van der Waals surface area contributed by atoms with E-state index in [1.54, 1.807) is 0 Å². The molecule has 1 amide bonds. The van der Waals surface area contributed by atoms with E-state index in [0.717, 1.165) is 6.07 Å². The highest BCUT2D eigenvalue weighted by atomic mass is 35.5. The molecule has 3 rings (SSSR count). The second-order valence-corrected chi connectivity index (χ2v) is 8.92. The molecule has 3 aromatic rings. The minimum absolute atomic E-state index is 0.0119. The van der Waals surface area contributed by atoms with E-state index < -0.39 is 28.0 Å². The van der Waals surface area contributed by atoms with E-state index in [4.69, 9.17) is 16.3 Å². The first-order chi connectivity index (χ1) is 16.0. The van der Waals surface area contributed by atoms with Gasteiger partial charge in [0.25, 0.3) is 5.91 Å². The van der Waals surface area contributed by atoms with Gasteiger partial charge in [0.1, 0.15) is 0 Å². The largest absolute Gasteiger partial charge is 0.573 e. The van der Waals surface area contributed by atoms with Crippen molar-refractivity contribution in [2.24, 2.45) is 0 Å². The molecule has 0 saturated heterocycles. The highest BCUT2D eigenvalue weighted by Gasteiger charge is 2.32. The smallest absolute Gasteiger partial charge is 0.435 e. The van der Waals surface area contributed by atoms with E-state index in [1.165, 1.54) is 61.8 Å². The Balaban J connectivity index is 1.64. The number of nitrogens with one attached hydrogen (secondary N) is 2. The molecule has 0 saturated carbocycles. The zero-order valence-electron chi connectivity index (χ0n) is 17.4. The fourth-order valence-electron chi connectivity index (χ4n) is 2.67. The van der Waals surface area contributed by atoms with Gasteiger partial charge in [0.15, 0.2) is 11.5 Å². The van der Waals surface area contributed by atoms with Crippen LogP contribution in [0.2, 0.25) is 5.02 Å². The maximum Gasteiger partial charge on any atom is 0.573 e. The van der Waals surface area contributed by atoms with Crippen molar-refractivity contribution in [3.8, 4) is 17.4 Å². The summed E-state index contributed by atoms with van der Waals surface area (Å²) in [6, 6.07) is 12.0. The molecule has 13 heteroatoms. The number of halogens is 4. The second-order valence-electron chi connectivity index (χ2n) is 6.63. The van der Waals surface area contributed by atoms with Crippen molar-refractivity contribution in [2.75, 3.05) is 7.05 Å². The highest BCUT2D eigenvalue weighted by Crippen LogP contribution is 2.34. The van der Waals surface area contributed by atoms with Crippen molar-refractivity contribution in [3.63, 3.8) is 0 Å². The van der Waals surface area contributed by atoms with Crippen LogP contribution in [-0.4, -0.2) is 32.7 Å². The molecule has 8 nitrogen and oxygen atoms in total. The molecule has 0 radical (unpaired) electrons. The number of amides is 1. The highest BCUT2D eigenvalue weighted by molar-refractivity contribution is 7.89. The summed E-state index contributed by atoms with van der Waals surface area (Å²) in [5, 5.41) is 2.77. The van der Waals surface area contributed by atoms with Gasteiger partial charge in [-0.2, -0.15) is 0 Å². The summed E-state index contributed by atoms with van der Waals surface area (Å²) in [5.74, 6) is -1.31. The van der Waals surface area contributed by atoms with Gasteiger partial charge in [-0.15, -0.1) is 13.2 Å². The van der Waals surface area contributed by atoms with Crippen molar-refractivity contribution in [3.05, 3.63) is 76.9 Å². The van der Waals surface area contributed by atoms with Gasteiger partial charge in [0, 0.05) is 23.8 Å².